The van der Waals surface area contributed by atoms with Crippen LogP contribution in [0.15, 0.2) is 95.5 Å². The smallest absolute Gasteiger partial charge is 0.335 e. The fraction of sp³-hybridized carbons (Fsp3) is 0.400. The zero-order chi connectivity index (χ0) is 43.8. The molecule has 4 heterocycles. The number of β-amino-alcohol motifs (C(OH)–C–C–N with tert-alkyl or cyclic N) is 1. The van der Waals surface area contributed by atoms with Gasteiger partial charge in [0, 0.05) is 24.6 Å². The number of aliphatic hydroxyl groups excluding tert-OH is 2. The lowest BCUT2D eigenvalue weighted by atomic mass is 9.75. The monoisotopic (exact) mass is 888 g/mol. The highest BCUT2D eigenvalue weighted by Crippen LogP contribution is 2.43. The minimum Gasteiger partial charge on any atom is -0.508 e. The number of nitrogens with one attached hydrogen (secondary N) is 2. The molecule has 15 nitrogen and oxygen atoms in total. The summed E-state index contributed by atoms with van der Waals surface area (Å²) in [4.78, 5) is 29.7. The average molecular weight is 889 g/mol. The largest absolute Gasteiger partial charge is 0.508 e. The lowest BCUT2D eigenvalue weighted by molar-refractivity contribution is -0.316. The van der Waals surface area contributed by atoms with Crippen molar-refractivity contribution in [2.75, 3.05) is 44.9 Å². The molecule has 7 rings (SSSR count). The summed E-state index contributed by atoms with van der Waals surface area (Å²) in [7, 11) is 4.92. The van der Waals surface area contributed by atoms with E-state index in [1.54, 1.807) is 10.8 Å². The van der Waals surface area contributed by atoms with E-state index >= 15 is 0 Å². The number of allylic oxidation sites excluding steroid dienone is 2. The van der Waals surface area contributed by atoms with Gasteiger partial charge in [-0.05, 0) is 91.7 Å². The molecule has 0 bridgehead atoms. The molecule has 4 aliphatic rings. The fourth-order valence-electron chi connectivity index (χ4n) is 8.45. The van der Waals surface area contributed by atoms with Crippen molar-refractivity contribution in [3.63, 3.8) is 0 Å². The highest BCUT2D eigenvalue weighted by molar-refractivity contribution is 8.76. The summed E-state index contributed by atoms with van der Waals surface area (Å²) in [5.41, 5.74) is 6.49. The summed E-state index contributed by atoms with van der Waals surface area (Å²) in [6.45, 7) is 1.58. The van der Waals surface area contributed by atoms with Crippen LogP contribution in [-0.2, 0) is 19.1 Å². The minimum atomic E-state index is -2.17. The molecule has 2 fully saturated rings. The lowest BCUT2D eigenvalue weighted by Gasteiger charge is -2.49. The number of rotatable bonds is 13. The van der Waals surface area contributed by atoms with Crippen LogP contribution in [-0.4, -0.2) is 125 Å². The van der Waals surface area contributed by atoms with Gasteiger partial charge in [0.25, 0.3) is 5.91 Å². The molecule has 0 aliphatic carbocycles. The molecule has 0 saturated carbocycles. The molecule has 0 spiro atoms. The van der Waals surface area contributed by atoms with Crippen LogP contribution in [0.1, 0.15) is 29.5 Å². The summed E-state index contributed by atoms with van der Waals surface area (Å²) in [5.74, 6) is -1.63. The SMILES string of the molecule is CNCC[C@H](C/C=C/c1ccccc1)[C@@H]1CNC[C@]2(O)[C@H](Oc3ccc4c(c3)OC(C(N)=O)C(c3ccc(O)cc3)=C4O)O[C@H](C(=O)O)[C@@H](O)[C@@H]2OCSSC[C@@H]1C1=CCN=C1. The highest BCUT2D eigenvalue weighted by atomic mass is 33.1. The number of hydrogen-bond donors (Lipinski definition) is 8. The van der Waals surface area contributed by atoms with Crippen LogP contribution in [0, 0.1) is 17.8 Å². The molecule has 0 aromatic heterocycles. The number of nitrogens with two attached hydrogens (primary N) is 1. The van der Waals surface area contributed by atoms with Crippen molar-refractivity contribution in [2.45, 2.75) is 49.1 Å². The Morgan fingerprint density at radius 1 is 1.11 bits per heavy atom. The van der Waals surface area contributed by atoms with Crippen LogP contribution >= 0.6 is 21.6 Å². The number of phenols is 1. The Hall–Kier alpha value is -4.85. The molecular formula is C45H52N4O11S2. The third-order valence-corrected chi connectivity index (χ3v) is 13.7. The second-order valence-corrected chi connectivity index (χ2v) is 18.1. The number of aliphatic imine (C=N–C) groups is 1. The highest BCUT2D eigenvalue weighted by Gasteiger charge is 2.59. The first-order chi connectivity index (χ1) is 30.0. The number of benzene rings is 3. The zero-order valence-electron chi connectivity index (χ0n) is 34.0. The van der Waals surface area contributed by atoms with Crippen molar-refractivity contribution in [2.24, 2.45) is 28.5 Å². The standard InChI is InChI=1S/C45H52N4O11S2/c1-47-18-16-27(9-5-8-26-6-3-2-4-7-26)33-22-49-24-45(56)41(57-25-62-61-23-34(33)29-17-19-48-21-29)38(52)40(43(54)55)60-44(45)58-31-14-15-32-35(20-31)59-39(42(46)53)36(37(32)51)28-10-12-30(50)13-11-28/h2-8,10-15,17,20-21,27,33-34,38-41,44,47,49-52,56H,9,16,18-19,22-25H2,1H3,(H2,46,53)(H,54,55)/b8-5+/t27-,33-,34+,38+,39?,40-,41-,44+,45+/m0/s1. The van der Waals surface area contributed by atoms with Gasteiger partial charge in [0.15, 0.2) is 11.7 Å². The number of carbonyl (C=O) groups is 2. The van der Waals surface area contributed by atoms with Gasteiger partial charge in [-0.3, -0.25) is 9.79 Å². The van der Waals surface area contributed by atoms with E-state index in [1.165, 1.54) is 53.3 Å². The molecule has 17 heteroatoms. The number of carbonyl (C=O) groups excluding carboxylic acids is 1. The van der Waals surface area contributed by atoms with Gasteiger partial charge >= 0.3 is 5.97 Å². The van der Waals surface area contributed by atoms with Crippen molar-refractivity contribution < 1.29 is 54.1 Å². The van der Waals surface area contributed by atoms with Gasteiger partial charge in [0.05, 0.1) is 17.7 Å². The number of ether oxygens (including phenoxy) is 4. The first-order valence-electron chi connectivity index (χ1n) is 20.4. The minimum absolute atomic E-state index is 0.00253. The van der Waals surface area contributed by atoms with Gasteiger partial charge in [0.2, 0.25) is 12.4 Å². The number of aliphatic hydroxyl groups is 3. The number of hydrogen-bond acceptors (Lipinski definition) is 15. The molecule has 0 radical (unpaired) electrons. The maximum Gasteiger partial charge on any atom is 0.335 e. The van der Waals surface area contributed by atoms with E-state index in [0.717, 1.165) is 36.3 Å². The normalized spacial score (nSPS) is 28.4. The van der Waals surface area contributed by atoms with Crippen LogP contribution in [0.4, 0.5) is 0 Å². The fourth-order valence-corrected chi connectivity index (χ4v) is 10.5. The molecule has 62 heavy (non-hydrogen) atoms. The summed E-state index contributed by atoms with van der Waals surface area (Å²) in [5, 5.41) is 62.4. The predicted molar refractivity (Wildman–Crippen MR) is 239 cm³/mol. The zero-order valence-corrected chi connectivity index (χ0v) is 35.7. The number of aromatic hydroxyl groups is 1. The number of nitrogens with zero attached hydrogens (tertiary/aromatic N) is 1. The topological polar surface area (TPSA) is 235 Å². The second kappa shape index (κ2) is 20.6. The molecule has 9 N–H and O–H groups in total. The maximum absolute atomic E-state index is 12.7. The molecule has 1 amide bonds. The van der Waals surface area contributed by atoms with Gasteiger partial charge in [-0.2, -0.15) is 0 Å². The summed E-state index contributed by atoms with van der Waals surface area (Å²) < 4.78 is 24.4. The van der Waals surface area contributed by atoms with Gasteiger partial charge in [0.1, 0.15) is 41.2 Å². The summed E-state index contributed by atoms with van der Waals surface area (Å²) in [6, 6.07) is 20.2. The second-order valence-electron chi connectivity index (χ2n) is 15.6. The molecule has 2 saturated heterocycles. The first kappa shape index (κ1) is 45.2. The Kier molecular flexibility index (Phi) is 15.0. The number of amides is 1. The maximum atomic E-state index is 12.7. The lowest BCUT2D eigenvalue weighted by Crippen LogP contribution is -2.72. The van der Waals surface area contributed by atoms with Crippen LogP contribution < -0.4 is 25.8 Å². The quantitative estimate of drug-likeness (QED) is 0.112. The molecule has 3 aromatic carbocycles. The van der Waals surface area contributed by atoms with Crippen molar-refractivity contribution in [3.05, 3.63) is 107 Å². The van der Waals surface area contributed by atoms with Crippen LogP contribution in [0.25, 0.3) is 17.4 Å². The van der Waals surface area contributed by atoms with E-state index < -0.39 is 48.2 Å². The number of phenolic OH excluding ortho intramolecular Hbond substituents is 1. The third kappa shape index (κ3) is 10.2. The van der Waals surface area contributed by atoms with Crippen LogP contribution in [0.3, 0.4) is 0 Å². The first-order valence-corrected chi connectivity index (χ1v) is 22.9. The van der Waals surface area contributed by atoms with E-state index in [1.807, 2.05) is 31.5 Å². The predicted octanol–water partition coefficient (Wildman–Crippen LogP) is 4.24. The molecular weight excluding hydrogens is 837 g/mol. The van der Waals surface area contributed by atoms with Crippen molar-refractivity contribution in [3.8, 4) is 17.2 Å². The Labute approximate surface area is 367 Å². The van der Waals surface area contributed by atoms with Crippen molar-refractivity contribution in [1.82, 2.24) is 10.6 Å². The number of carboxylic acid groups (broad SMARTS) is 1. The molecule has 330 valence electrons. The van der Waals surface area contributed by atoms with E-state index in [-0.39, 0.29) is 64.4 Å². The Balaban J connectivity index is 1.20. The van der Waals surface area contributed by atoms with Crippen LogP contribution in [0.5, 0.6) is 17.2 Å². The van der Waals surface area contributed by atoms with Gasteiger partial charge in [-0.25, -0.2) is 4.79 Å². The molecule has 9 atom stereocenters. The van der Waals surface area contributed by atoms with E-state index in [0.29, 0.717) is 18.7 Å². The summed E-state index contributed by atoms with van der Waals surface area (Å²) >= 11 is 0. The van der Waals surface area contributed by atoms with Crippen molar-refractivity contribution >= 4 is 57.1 Å². The Morgan fingerprint density at radius 3 is 2.61 bits per heavy atom. The number of carboxylic acids is 1. The van der Waals surface area contributed by atoms with Gasteiger partial charge in [-0.1, -0.05) is 82.3 Å². The Morgan fingerprint density at radius 2 is 1.90 bits per heavy atom. The number of fused-ring (bicyclic) bond motifs is 2. The number of primary amides is 1. The number of aliphatic carboxylic acids is 1. The van der Waals surface area contributed by atoms with E-state index in [4.69, 9.17) is 24.7 Å². The average Bonchev–Trinajstić information content (AvgIpc) is 3.80. The third-order valence-electron chi connectivity index (χ3n) is 11.6. The Bertz CT molecular complexity index is 2170. The summed E-state index contributed by atoms with van der Waals surface area (Å²) in [6.07, 6.45) is 1.83. The van der Waals surface area contributed by atoms with E-state index in [2.05, 4.69) is 46.0 Å². The molecule has 3 aromatic rings. The van der Waals surface area contributed by atoms with Gasteiger partial charge in [-0.15, -0.1) is 0 Å². The van der Waals surface area contributed by atoms with Gasteiger partial charge < -0.3 is 60.8 Å². The van der Waals surface area contributed by atoms with E-state index in [9.17, 15) is 35.1 Å². The molecule has 1 unspecified atom stereocenters. The van der Waals surface area contributed by atoms with Crippen molar-refractivity contribution in [1.29, 1.82) is 0 Å². The molecule has 4 aliphatic heterocycles. The van der Waals surface area contributed by atoms with Crippen LogP contribution in [0.2, 0.25) is 0 Å².